The molecule has 0 aromatic rings. The Labute approximate surface area is 172 Å². The van der Waals surface area contributed by atoms with Gasteiger partial charge >= 0.3 is 5.97 Å². The van der Waals surface area contributed by atoms with Crippen molar-refractivity contribution in [2.45, 2.75) is 90.8 Å². The molecule has 5 nitrogen and oxygen atoms in total. The molecule has 0 fully saturated rings. The standard InChI is InChI=1S/C19H32N2O3.2H2S/c1-5-9-16(19(23)24-6-2)20-14(4)18(22)21-13(3)12-15-10-7-8-11-17(15)21;;/h13-14,16,20H,5-12H2,1-4H3;2*1H2/t13-,14+,16+;;/m1../s1. The Morgan fingerprint density at radius 3 is 2.50 bits per heavy atom. The second kappa shape index (κ2) is 11.9. The molecule has 1 heterocycles. The van der Waals surface area contributed by atoms with Gasteiger partial charge in [-0.1, -0.05) is 13.3 Å². The maximum atomic E-state index is 13.0. The molecule has 0 saturated carbocycles. The number of ether oxygens (including phenoxy) is 1. The lowest BCUT2D eigenvalue weighted by molar-refractivity contribution is -0.146. The van der Waals surface area contributed by atoms with Crippen LogP contribution >= 0.6 is 27.0 Å². The number of hydrogen-bond donors (Lipinski definition) is 1. The van der Waals surface area contributed by atoms with Crippen molar-refractivity contribution < 1.29 is 14.3 Å². The maximum absolute atomic E-state index is 13.0. The number of carbonyl (C=O) groups is 2. The number of rotatable bonds is 7. The Bertz CT molecular complexity index is 511. The van der Waals surface area contributed by atoms with Crippen molar-refractivity contribution in [3.63, 3.8) is 0 Å². The molecule has 1 amide bonds. The molecule has 1 aliphatic heterocycles. The van der Waals surface area contributed by atoms with Gasteiger partial charge in [-0.3, -0.25) is 14.9 Å². The van der Waals surface area contributed by atoms with Crippen LogP contribution in [0.1, 0.15) is 72.6 Å². The molecule has 0 aromatic heterocycles. The van der Waals surface area contributed by atoms with Crippen LogP contribution in [-0.4, -0.2) is 41.5 Å². The second-order valence-corrected chi connectivity index (χ2v) is 7.00. The average Bonchev–Trinajstić information content (AvgIpc) is 2.89. The molecule has 0 spiro atoms. The predicted molar refractivity (Wildman–Crippen MR) is 115 cm³/mol. The number of carbonyl (C=O) groups excluding carboxylic acids is 2. The zero-order valence-corrected chi connectivity index (χ0v) is 18.6. The van der Waals surface area contributed by atoms with Crippen LogP contribution in [0.4, 0.5) is 0 Å². The molecule has 0 bridgehead atoms. The molecule has 7 heteroatoms. The van der Waals surface area contributed by atoms with E-state index in [9.17, 15) is 9.59 Å². The highest BCUT2D eigenvalue weighted by Crippen LogP contribution is 2.38. The van der Waals surface area contributed by atoms with Crippen LogP contribution in [0.5, 0.6) is 0 Å². The Kier molecular flexibility index (Phi) is 11.6. The maximum Gasteiger partial charge on any atom is 0.323 e. The zero-order chi connectivity index (χ0) is 17.7. The van der Waals surface area contributed by atoms with E-state index in [1.165, 1.54) is 24.1 Å². The highest BCUT2D eigenvalue weighted by Gasteiger charge is 2.36. The summed E-state index contributed by atoms with van der Waals surface area (Å²) in [5, 5.41) is 3.21. The van der Waals surface area contributed by atoms with E-state index < -0.39 is 6.04 Å². The van der Waals surface area contributed by atoms with Crippen LogP contribution in [0.25, 0.3) is 0 Å². The van der Waals surface area contributed by atoms with Crippen molar-refractivity contribution in [3.05, 3.63) is 11.3 Å². The molecule has 1 N–H and O–H groups in total. The van der Waals surface area contributed by atoms with E-state index in [-0.39, 0.29) is 51.0 Å². The molecular formula is C19H36N2O3S2. The van der Waals surface area contributed by atoms with E-state index in [1.54, 1.807) is 6.92 Å². The van der Waals surface area contributed by atoms with Gasteiger partial charge in [0.1, 0.15) is 6.04 Å². The third-order valence-corrected chi connectivity index (χ3v) is 5.03. The Morgan fingerprint density at radius 1 is 1.23 bits per heavy atom. The van der Waals surface area contributed by atoms with Gasteiger partial charge in [-0.15, -0.1) is 0 Å². The first kappa shape index (κ1) is 25.3. The molecule has 0 radical (unpaired) electrons. The molecule has 2 rings (SSSR count). The quantitative estimate of drug-likeness (QED) is 0.661. The summed E-state index contributed by atoms with van der Waals surface area (Å²) in [5.74, 6) is -0.175. The van der Waals surface area contributed by atoms with Crippen LogP contribution in [-0.2, 0) is 14.3 Å². The number of amides is 1. The van der Waals surface area contributed by atoms with Crippen LogP contribution in [0.15, 0.2) is 11.3 Å². The minimum atomic E-state index is -0.411. The summed E-state index contributed by atoms with van der Waals surface area (Å²) in [6.45, 7) is 8.18. The molecule has 2 aliphatic rings. The molecule has 0 unspecified atom stereocenters. The summed E-state index contributed by atoms with van der Waals surface area (Å²) in [4.78, 5) is 27.1. The molecule has 0 saturated heterocycles. The van der Waals surface area contributed by atoms with Crippen molar-refractivity contribution in [2.75, 3.05) is 6.61 Å². The fraction of sp³-hybridized carbons (Fsp3) is 0.789. The van der Waals surface area contributed by atoms with Gasteiger partial charge in [0.2, 0.25) is 5.91 Å². The summed E-state index contributed by atoms with van der Waals surface area (Å²) in [6.07, 6.45) is 7.10. The monoisotopic (exact) mass is 404 g/mol. The Morgan fingerprint density at radius 2 is 1.88 bits per heavy atom. The van der Waals surface area contributed by atoms with Gasteiger partial charge in [0.05, 0.1) is 12.6 Å². The summed E-state index contributed by atoms with van der Waals surface area (Å²) >= 11 is 0. The molecule has 26 heavy (non-hydrogen) atoms. The number of nitrogens with zero attached hydrogens (tertiary/aromatic N) is 1. The van der Waals surface area contributed by atoms with Crippen LogP contribution in [0.3, 0.4) is 0 Å². The summed E-state index contributed by atoms with van der Waals surface area (Å²) in [5.41, 5.74) is 2.71. The topological polar surface area (TPSA) is 58.6 Å². The van der Waals surface area contributed by atoms with Gasteiger partial charge in [0.25, 0.3) is 0 Å². The highest BCUT2D eigenvalue weighted by molar-refractivity contribution is 7.59. The molecular weight excluding hydrogens is 368 g/mol. The van der Waals surface area contributed by atoms with E-state index in [2.05, 4.69) is 12.2 Å². The lowest BCUT2D eigenvalue weighted by atomic mass is 9.96. The lowest BCUT2D eigenvalue weighted by Gasteiger charge is -2.31. The van der Waals surface area contributed by atoms with Crippen LogP contribution in [0, 0.1) is 0 Å². The van der Waals surface area contributed by atoms with E-state index in [0.717, 1.165) is 25.7 Å². The average molecular weight is 405 g/mol. The van der Waals surface area contributed by atoms with Gasteiger partial charge < -0.3 is 9.64 Å². The predicted octanol–water partition coefficient (Wildman–Crippen LogP) is 3.37. The highest BCUT2D eigenvalue weighted by atomic mass is 32.1. The lowest BCUT2D eigenvalue weighted by Crippen LogP contribution is -2.51. The van der Waals surface area contributed by atoms with Crippen LogP contribution < -0.4 is 5.32 Å². The number of hydrogen-bond acceptors (Lipinski definition) is 4. The van der Waals surface area contributed by atoms with E-state index in [1.807, 2.05) is 18.7 Å². The number of allylic oxidation sites excluding steroid dienone is 1. The minimum absolute atomic E-state index is 0. The third-order valence-electron chi connectivity index (χ3n) is 5.03. The van der Waals surface area contributed by atoms with Gasteiger partial charge in [-0.2, -0.15) is 27.0 Å². The molecule has 3 atom stereocenters. The van der Waals surface area contributed by atoms with Crippen molar-refractivity contribution >= 4 is 38.9 Å². The number of esters is 1. The van der Waals surface area contributed by atoms with E-state index in [4.69, 9.17) is 4.74 Å². The Hall–Kier alpha value is -0.660. The van der Waals surface area contributed by atoms with E-state index >= 15 is 0 Å². The van der Waals surface area contributed by atoms with E-state index in [0.29, 0.717) is 13.0 Å². The largest absolute Gasteiger partial charge is 0.465 e. The Balaban J connectivity index is 0.00000312. The third kappa shape index (κ3) is 5.92. The first-order chi connectivity index (χ1) is 11.5. The normalized spacial score (nSPS) is 21.2. The summed E-state index contributed by atoms with van der Waals surface area (Å²) < 4.78 is 5.13. The fourth-order valence-electron chi connectivity index (χ4n) is 3.91. The second-order valence-electron chi connectivity index (χ2n) is 7.00. The summed E-state index contributed by atoms with van der Waals surface area (Å²) in [6, 6.07) is -0.564. The summed E-state index contributed by atoms with van der Waals surface area (Å²) in [7, 11) is 0. The molecule has 0 aromatic carbocycles. The first-order valence-corrected chi connectivity index (χ1v) is 9.46. The van der Waals surface area contributed by atoms with Crippen molar-refractivity contribution in [1.82, 2.24) is 10.2 Å². The molecule has 1 aliphatic carbocycles. The minimum Gasteiger partial charge on any atom is -0.465 e. The van der Waals surface area contributed by atoms with Gasteiger partial charge in [0, 0.05) is 11.7 Å². The van der Waals surface area contributed by atoms with Gasteiger partial charge in [-0.05, 0) is 64.9 Å². The smallest absolute Gasteiger partial charge is 0.323 e. The van der Waals surface area contributed by atoms with Crippen molar-refractivity contribution in [3.8, 4) is 0 Å². The zero-order valence-electron chi connectivity index (χ0n) is 16.6. The SMILES string of the molecule is CCC[C@H](N[C@@H](C)C(=O)N1C2=C(CCCC2)C[C@H]1C)C(=O)OCC.S.S. The van der Waals surface area contributed by atoms with Crippen molar-refractivity contribution in [2.24, 2.45) is 0 Å². The first-order valence-electron chi connectivity index (χ1n) is 9.46. The fourth-order valence-corrected chi connectivity index (χ4v) is 3.91. The number of nitrogens with one attached hydrogen (secondary N) is 1. The van der Waals surface area contributed by atoms with Crippen molar-refractivity contribution in [1.29, 1.82) is 0 Å². The van der Waals surface area contributed by atoms with Gasteiger partial charge in [0.15, 0.2) is 0 Å². The molecule has 152 valence electrons. The van der Waals surface area contributed by atoms with Gasteiger partial charge in [-0.25, -0.2) is 0 Å². The van der Waals surface area contributed by atoms with Crippen LogP contribution in [0.2, 0.25) is 0 Å².